The highest BCUT2D eigenvalue weighted by Gasteiger charge is 2.48. The molecule has 1 saturated heterocycles. The van der Waals surface area contributed by atoms with Gasteiger partial charge in [0.2, 0.25) is 10.0 Å². The molecule has 2 atom stereocenters. The number of nitrogens with zero attached hydrogens (tertiary/aromatic N) is 2. The first-order valence-electron chi connectivity index (χ1n) is 8.83. The van der Waals surface area contributed by atoms with Crippen LogP contribution in [0.5, 0.6) is 0 Å². The first-order valence-corrected chi connectivity index (χ1v) is 10.3. The average Bonchev–Trinajstić information content (AvgIpc) is 2.90. The minimum atomic E-state index is -4.68. The normalized spacial score (nSPS) is 29.4. The predicted molar refractivity (Wildman–Crippen MR) is 91.1 cm³/mol. The van der Waals surface area contributed by atoms with Crippen LogP contribution in [-0.4, -0.2) is 55.6 Å². The van der Waals surface area contributed by atoms with Crippen molar-refractivity contribution in [3.05, 3.63) is 12.0 Å². The van der Waals surface area contributed by atoms with Crippen molar-refractivity contribution in [3.63, 3.8) is 0 Å². The first kappa shape index (κ1) is 20.3. The molecule has 0 aromatic carbocycles. The monoisotopic (exact) mass is 409 g/mol. The van der Waals surface area contributed by atoms with Crippen LogP contribution in [0.3, 0.4) is 0 Å². The van der Waals surface area contributed by atoms with Gasteiger partial charge < -0.3 is 5.32 Å². The lowest BCUT2D eigenvalue weighted by atomic mass is 9.86. The van der Waals surface area contributed by atoms with Crippen LogP contribution in [0.25, 0.3) is 0 Å². The van der Waals surface area contributed by atoms with E-state index in [0.717, 1.165) is 5.41 Å². The summed E-state index contributed by atoms with van der Waals surface area (Å²) < 4.78 is 66.5. The second kappa shape index (κ2) is 7.17. The molecule has 1 saturated carbocycles. The van der Waals surface area contributed by atoms with E-state index in [4.69, 9.17) is 0 Å². The van der Waals surface area contributed by atoms with E-state index < -0.39 is 28.0 Å². The molecule has 0 aromatic rings. The van der Waals surface area contributed by atoms with E-state index in [9.17, 15) is 26.4 Å². The van der Waals surface area contributed by atoms with E-state index >= 15 is 0 Å². The number of amidine groups is 1. The molecule has 2 aliphatic heterocycles. The van der Waals surface area contributed by atoms with Crippen molar-refractivity contribution >= 4 is 21.8 Å². The molecule has 0 aromatic heterocycles. The molecular formula is C16H22F3N3O4S. The van der Waals surface area contributed by atoms with Gasteiger partial charge in [-0.2, -0.15) is 4.31 Å². The summed E-state index contributed by atoms with van der Waals surface area (Å²) in [6, 6.07) is 0. The Morgan fingerprint density at radius 3 is 2.56 bits per heavy atom. The summed E-state index contributed by atoms with van der Waals surface area (Å²) >= 11 is 0. The zero-order valence-electron chi connectivity index (χ0n) is 14.7. The first-order chi connectivity index (χ1) is 12.5. The smallest absolute Gasteiger partial charge is 0.312 e. The van der Waals surface area contributed by atoms with Crippen molar-refractivity contribution < 1.29 is 31.1 Å². The van der Waals surface area contributed by atoms with Gasteiger partial charge in [-0.3, -0.25) is 14.5 Å². The summed E-state index contributed by atoms with van der Waals surface area (Å²) in [5.41, 5.74) is -1.04. The molecule has 11 heteroatoms. The molecule has 1 aliphatic carbocycles. The molecule has 0 radical (unpaired) electrons. The van der Waals surface area contributed by atoms with Crippen LogP contribution in [0, 0.1) is 5.92 Å². The number of halogens is 3. The van der Waals surface area contributed by atoms with Crippen LogP contribution in [0.2, 0.25) is 0 Å². The molecule has 1 amide bonds. The number of piperidine rings is 1. The van der Waals surface area contributed by atoms with Crippen LogP contribution in [0.1, 0.15) is 38.5 Å². The van der Waals surface area contributed by atoms with E-state index in [1.54, 1.807) is 0 Å². The second-order valence-corrected chi connectivity index (χ2v) is 9.02. The third-order valence-electron chi connectivity index (χ3n) is 5.43. The Hall–Kier alpha value is -1.46. The van der Waals surface area contributed by atoms with Gasteiger partial charge in [0.15, 0.2) is 0 Å². The van der Waals surface area contributed by atoms with Crippen molar-refractivity contribution in [1.29, 1.82) is 0 Å². The van der Waals surface area contributed by atoms with Crippen molar-refractivity contribution in [2.75, 3.05) is 13.1 Å². The van der Waals surface area contributed by atoms with Gasteiger partial charge in [0, 0.05) is 24.4 Å². The summed E-state index contributed by atoms with van der Waals surface area (Å²) in [5, 5.41) is 3.59. The number of alkyl halides is 3. The van der Waals surface area contributed by atoms with Crippen molar-refractivity contribution in [2.24, 2.45) is 10.9 Å². The van der Waals surface area contributed by atoms with Crippen molar-refractivity contribution in [1.82, 2.24) is 9.62 Å². The van der Waals surface area contributed by atoms with Crippen LogP contribution >= 0.6 is 0 Å². The third-order valence-corrected chi connectivity index (χ3v) is 6.94. The maximum atomic E-state index is 12.5. The number of hydrogen-bond acceptors (Lipinski definition) is 5. The fourth-order valence-electron chi connectivity index (χ4n) is 3.98. The number of rotatable bonds is 4. The minimum Gasteiger partial charge on any atom is -0.312 e. The van der Waals surface area contributed by atoms with Gasteiger partial charge in [0.1, 0.15) is 11.4 Å². The Bertz CT molecular complexity index is 742. The molecule has 1 N–H and O–H groups in total. The Morgan fingerprint density at radius 1 is 1.30 bits per heavy atom. The van der Waals surface area contributed by atoms with E-state index in [0.29, 0.717) is 25.1 Å². The van der Waals surface area contributed by atoms with Gasteiger partial charge in [0.25, 0.3) is 5.91 Å². The summed E-state index contributed by atoms with van der Waals surface area (Å²) in [7, 11) is -3.55. The standard InChI is InChI=1S/C16H22F3N3O4S/c1-2-27(24,25)22-8-6-15(7-9-22)14(23)20-13(21-15)11-4-3-5-12(10-11)26-16(17,18)19/h2,11-12H,1,3-10H2,(H,20,21,23). The summed E-state index contributed by atoms with van der Waals surface area (Å²) in [6.45, 7) is 3.57. The molecule has 27 heavy (non-hydrogen) atoms. The molecule has 3 rings (SSSR count). The van der Waals surface area contributed by atoms with Gasteiger partial charge in [-0.25, -0.2) is 8.42 Å². The number of sulfonamides is 1. The number of amides is 1. The maximum absolute atomic E-state index is 12.5. The van der Waals surface area contributed by atoms with Crippen LogP contribution in [-0.2, 0) is 19.6 Å². The van der Waals surface area contributed by atoms with Gasteiger partial charge >= 0.3 is 6.36 Å². The molecular weight excluding hydrogens is 387 g/mol. The summed E-state index contributed by atoms with van der Waals surface area (Å²) in [5.74, 6) is -0.216. The van der Waals surface area contributed by atoms with Crippen LogP contribution in [0.4, 0.5) is 13.2 Å². The van der Waals surface area contributed by atoms with Crippen molar-refractivity contribution in [2.45, 2.75) is 56.5 Å². The zero-order chi connectivity index (χ0) is 19.9. The number of hydrogen-bond donors (Lipinski definition) is 1. The Kier molecular flexibility index (Phi) is 5.39. The quantitative estimate of drug-likeness (QED) is 0.768. The molecule has 2 heterocycles. The fraction of sp³-hybridized carbons (Fsp3) is 0.750. The highest BCUT2D eigenvalue weighted by Crippen LogP contribution is 2.36. The average molecular weight is 409 g/mol. The Balaban J connectivity index is 1.69. The Morgan fingerprint density at radius 2 is 1.96 bits per heavy atom. The number of carbonyl (C=O) groups is 1. The molecule has 2 unspecified atom stereocenters. The fourth-order valence-corrected chi connectivity index (χ4v) is 4.88. The number of nitrogens with one attached hydrogen (secondary N) is 1. The largest absolute Gasteiger partial charge is 0.522 e. The SMILES string of the molecule is C=CS(=O)(=O)N1CCC2(CC1)N=C(C1CCCC(OC(F)(F)F)C1)NC2=O. The highest BCUT2D eigenvalue weighted by atomic mass is 32.2. The number of ether oxygens (including phenoxy) is 1. The van der Waals surface area contributed by atoms with Gasteiger partial charge in [0.05, 0.1) is 6.10 Å². The minimum absolute atomic E-state index is 0.142. The maximum Gasteiger partial charge on any atom is 0.522 e. The molecule has 7 nitrogen and oxygen atoms in total. The highest BCUT2D eigenvalue weighted by molar-refractivity contribution is 7.92. The van der Waals surface area contributed by atoms with Crippen LogP contribution < -0.4 is 5.32 Å². The topological polar surface area (TPSA) is 88.1 Å². The lowest BCUT2D eigenvalue weighted by Gasteiger charge is -2.34. The summed E-state index contributed by atoms with van der Waals surface area (Å²) in [6.07, 6.45) is -3.53. The van der Waals surface area contributed by atoms with E-state index in [-0.39, 0.29) is 44.2 Å². The van der Waals surface area contributed by atoms with Gasteiger partial charge in [-0.15, -0.1) is 13.2 Å². The lowest BCUT2D eigenvalue weighted by Crippen LogP contribution is -2.50. The number of aliphatic imine (C=N–C) groups is 1. The van der Waals surface area contributed by atoms with Crippen molar-refractivity contribution in [3.8, 4) is 0 Å². The molecule has 152 valence electrons. The van der Waals surface area contributed by atoms with Gasteiger partial charge in [-0.1, -0.05) is 13.0 Å². The number of carbonyl (C=O) groups excluding carboxylic acids is 1. The molecule has 0 bridgehead atoms. The summed E-state index contributed by atoms with van der Waals surface area (Å²) in [4.78, 5) is 17.0. The lowest BCUT2D eigenvalue weighted by molar-refractivity contribution is -0.345. The Labute approximate surface area is 155 Å². The molecule has 2 fully saturated rings. The van der Waals surface area contributed by atoms with E-state index in [2.05, 4.69) is 21.6 Å². The van der Waals surface area contributed by atoms with E-state index in [1.807, 2.05) is 0 Å². The second-order valence-electron chi connectivity index (χ2n) is 7.14. The molecule has 1 spiro atoms. The zero-order valence-corrected chi connectivity index (χ0v) is 15.5. The third kappa shape index (κ3) is 4.35. The van der Waals surface area contributed by atoms with Crippen LogP contribution in [0.15, 0.2) is 17.0 Å². The predicted octanol–water partition coefficient (Wildman–Crippen LogP) is 1.92. The van der Waals surface area contributed by atoms with Gasteiger partial charge in [-0.05, 0) is 32.1 Å². The van der Waals surface area contributed by atoms with E-state index in [1.165, 1.54) is 4.31 Å². The molecule has 3 aliphatic rings.